The van der Waals surface area contributed by atoms with Gasteiger partial charge in [-0.15, -0.1) is 11.6 Å². The van der Waals surface area contributed by atoms with Crippen LogP contribution < -0.4 is 0 Å². The van der Waals surface area contributed by atoms with Crippen LogP contribution in [-0.4, -0.2) is 50.9 Å². The van der Waals surface area contributed by atoms with Gasteiger partial charge in [0, 0.05) is 23.2 Å². The first kappa shape index (κ1) is 25.6. The Kier molecular flexibility index (Phi) is 6.44. The molecule has 4 aliphatic carbocycles. The van der Waals surface area contributed by atoms with E-state index in [0.29, 0.717) is 25.7 Å². The molecule has 3 saturated carbocycles. The van der Waals surface area contributed by atoms with Gasteiger partial charge in [-0.05, 0) is 56.1 Å². The maximum atomic E-state index is 13.4. The first-order valence-electron chi connectivity index (χ1n) is 12.6. The van der Waals surface area contributed by atoms with Crippen molar-refractivity contribution in [3.05, 3.63) is 23.8 Å². The third kappa shape index (κ3) is 3.17. The van der Waals surface area contributed by atoms with E-state index in [0.717, 1.165) is 12.0 Å². The SMILES string of the molecule is CCCCC(=O)O[C@]1(C(=O)CO)[C@H](C)C[C@H]2[C@@H]3CCC4=CC(=O)C=C[C@]4(C)[C@@]3(Cl)[C@@H](O)C[C@@]21C. The molecule has 188 valence electrons. The quantitative estimate of drug-likeness (QED) is 0.430. The minimum Gasteiger partial charge on any atom is -0.450 e. The minimum absolute atomic E-state index is 0.0673. The highest BCUT2D eigenvalue weighted by molar-refractivity contribution is 6.26. The molecule has 8 atom stereocenters. The number of alkyl halides is 1. The zero-order valence-corrected chi connectivity index (χ0v) is 21.4. The lowest BCUT2D eigenvalue weighted by Crippen LogP contribution is -2.69. The van der Waals surface area contributed by atoms with Crippen molar-refractivity contribution in [1.29, 1.82) is 0 Å². The monoisotopic (exact) mass is 492 g/mol. The fourth-order valence-electron chi connectivity index (χ4n) is 8.07. The molecule has 6 nitrogen and oxygen atoms in total. The number of allylic oxidation sites excluding steroid dienone is 4. The van der Waals surface area contributed by atoms with Crippen LogP contribution in [-0.2, 0) is 19.1 Å². The number of ether oxygens (including phenoxy) is 1. The molecule has 0 bridgehead atoms. The summed E-state index contributed by atoms with van der Waals surface area (Å²) in [4.78, 5) is 37.3. The molecule has 0 saturated heterocycles. The van der Waals surface area contributed by atoms with Crippen LogP contribution in [0.1, 0.15) is 72.6 Å². The Hall–Kier alpha value is -1.50. The van der Waals surface area contributed by atoms with Crippen LogP contribution in [0.25, 0.3) is 0 Å². The van der Waals surface area contributed by atoms with E-state index in [1.165, 1.54) is 6.08 Å². The van der Waals surface area contributed by atoms with Gasteiger partial charge < -0.3 is 14.9 Å². The van der Waals surface area contributed by atoms with E-state index in [9.17, 15) is 24.6 Å². The summed E-state index contributed by atoms with van der Waals surface area (Å²) in [7, 11) is 0. The molecular formula is C27H37ClO6. The number of aliphatic hydroxyl groups is 2. The van der Waals surface area contributed by atoms with Crippen molar-refractivity contribution in [2.75, 3.05) is 6.61 Å². The summed E-state index contributed by atoms with van der Waals surface area (Å²) in [6, 6.07) is 0. The van der Waals surface area contributed by atoms with Crippen LogP contribution in [0.2, 0.25) is 0 Å². The summed E-state index contributed by atoms with van der Waals surface area (Å²) in [6.07, 6.45) is 7.82. The molecule has 0 aromatic carbocycles. The molecule has 0 unspecified atom stereocenters. The molecule has 0 amide bonds. The van der Waals surface area contributed by atoms with Crippen molar-refractivity contribution in [3.8, 4) is 0 Å². The Bertz CT molecular complexity index is 957. The molecule has 0 spiro atoms. The molecule has 4 aliphatic rings. The predicted octanol–water partition coefficient (Wildman–Crippen LogP) is 3.91. The van der Waals surface area contributed by atoms with Gasteiger partial charge in [-0.25, -0.2) is 0 Å². The molecule has 4 rings (SSSR count). The normalized spacial score (nSPS) is 45.1. The molecule has 0 radical (unpaired) electrons. The van der Waals surface area contributed by atoms with Crippen LogP contribution in [0.3, 0.4) is 0 Å². The average Bonchev–Trinajstić information content (AvgIpc) is 3.00. The summed E-state index contributed by atoms with van der Waals surface area (Å²) >= 11 is 7.45. The third-order valence-corrected chi connectivity index (χ3v) is 10.7. The van der Waals surface area contributed by atoms with E-state index >= 15 is 0 Å². The highest BCUT2D eigenvalue weighted by atomic mass is 35.5. The summed E-state index contributed by atoms with van der Waals surface area (Å²) in [6.45, 7) is 7.07. The summed E-state index contributed by atoms with van der Waals surface area (Å²) in [5.41, 5.74) is -2.14. The highest BCUT2D eigenvalue weighted by Crippen LogP contribution is 2.72. The van der Waals surface area contributed by atoms with Gasteiger partial charge in [-0.1, -0.05) is 45.8 Å². The van der Waals surface area contributed by atoms with Crippen molar-refractivity contribution in [1.82, 2.24) is 0 Å². The minimum atomic E-state index is -1.51. The van der Waals surface area contributed by atoms with E-state index in [-0.39, 0.29) is 36.4 Å². The largest absolute Gasteiger partial charge is 0.450 e. The first-order chi connectivity index (χ1) is 15.9. The number of fused-ring (bicyclic) bond motifs is 5. The molecule has 3 fully saturated rings. The van der Waals surface area contributed by atoms with Crippen LogP contribution in [0, 0.1) is 28.6 Å². The lowest BCUT2D eigenvalue weighted by Gasteiger charge is -2.64. The van der Waals surface area contributed by atoms with Gasteiger partial charge in [0.25, 0.3) is 0 Å². The number of Topliss-reactive ketones (excluding diaryl/α,β-unsaturated/α-hetero) is 1. The Labute approximate surface area is 206 Å². The van der Waals surface area contributed by atoms with Gasteiger partial charge in [0.1, 0.15) is 6.61 Å². The maximum absolute atomic E-state index is 13.4. The van der Waals surface area contributed by atoms with Crippen molar-refractivity contribution < 1.29 is 29.3 Å². The third-order valence-electron chi connectivity index (χ3n) is 9.75. The van der Waals surface area contributed by atoms with Crippen LogP contribution in [0.5, 0.6) is 0 Å². The van der Waals surface area contributed by atoms with Crippen molar-refractivity contribution >= 4 is 29.1 Å². The van der Waals surface area contributed by atoms with Crippen molar-refractivity contribution in [3.63, 3.8) is 0 Å². The Morgan fingerprint density at radius 1 is 1.26 bits per heavy atom. The van der Waals surface area contributed by atoms with E-state index in [4.69, 9.17) is 16.3 Å². The highest BCUT2D eigenvalue weighted by Gasteiger charge is 2.76. The average molecular weight is 493 g/mol. The number of carbonyl (C=O) groups excluding carboxylic acids is 3. The lowest BCUT2D eigenvalue weighted by atomic mass is 9.45. The van der Waals surface area contributed by atoms with Gasteiger partial charge in [0.15, 0.2) is 11.4 Å². The molecule has 7 heteroatoms. The Morgan fingerprint density at radius 3 is 2.62 bits per heavy atom. The second-order valence-electron chi connectivity index (χ2n) is 11.3. The van der Waals surface area contributed by atoms with Gasteiger partial charge in [0.2, 0.25) is 5.78 Å². The van der Waals surface area contributed by atoms with Gasteiger partial charge in [-0.3, -0.25) is 14.4 Å². The number of carbonyl (C=O) groups is 3. The summed E-state index contributed by atoms with van der Waals surface area (Å²) in [5, 5.41) is 21.7. The number of rotatable bonds is 6. The Morgan fingerprint density at radius 2 is 1.97 bits per heavy atom. The number of halogens is 1. The van der Waals surface area contributed by atoms with E-state index < -0.39 is 45.8 Å². The molecule has 0 aliphatic heterocycles. The fraction of sp³-hybridized carbons (Fsp3) is 0.741. The van der Waals surface area contributed by atoms with Crippen LogP contribution in [0.4, 0.5) is 0 Å². The van der Waals surface area contributed by atoms with Gasteiger partial charge in [-0.2, -0.15) is 0 Å². The fourth-order valence-corrected chi connectivity index (χ4v) is 8.59. The van der Waals surface area contributed by atoms with Gasteiger partial charge >= 0.3 is 5.97 Å². The molecule has 0 heterocycles. The molecule has 0 aromatic rings. The number of hydrogen-bond acceptors (Lipinski definition) is 6. The lowest BCUT2D eigenvalue weighted by molar-refractivity contribution is -0.203. The van der Waals surface area contributed by atoms with Crippen molar-refractivity contribution in [2.24, 2.45) is 28.6 Å². The van der Waals surface area contributed by atoms with Crippen molar-refractivity contribution in [2.45, 2.75) is 89.2 Å². The zero-order chi connectivity index (χ0) is 25.1. The summed E-state index contributed by atoms with van der Waals surface area (Å²) in [5.74, 6) is -1.59. The number of hydrogen-bond donors (Lipinski definition) is 2. The van der Waals surface area contributed by atoms with E-state index in [1.807, 2.05) is 33.8 Å². The topological polar surface area (TPSA) is 101 Å². The van der Waals surface area contributed by atoms with Gasteiger partial charge in [0.05, 0.1) is 11.0 Å². The predicted molar refractivity (Wildman–Crippen MR) is 128 cm³/mol. The first-order valence-corrected chi connectivity index (χ1v) is 13.0. The molecule has 2 N–H and O–H groups in total. The van der Waals surface area contributed by atoms with E-state index in [1.54, 1.807) is 6.08 Å². The zero-order valence-electron chi connectivity index (χ0n) is 20.6. The number of unbranched alkanes of at least 4 members (excludes halogenated alkanes) is 1. The van der Waals surface area contributed by atoms with E-state index in [2.05, 4.69) is 0 Å². The number of ketones is 2. The maximum Gasteiger partial charge on any atom is 0.306 e. The summed E-state index contributed by atoms with van der Waals surface area (Å²) < 4.78 is 6.07. The second kappa shape index (κ2) is 8.56. The number of aliphatic hydroxyl groups excluding tert-OH is 2. The van der Waals surface area contributed by atoms with Crippen LogP contribution in [0.15, 0.2) is 23.8 Å². The molecule has 0 aromatic heterocycles. The number of esters is 1. The molecular weight excluding hydrogens is 456 g/mol. The van der Waals surface area contributed by atoms with Crippen LogP contribution >= 0.6 is 11.6 Å². The second-order valence-corrected chi connectivity index (χ2v) is 11.9. The smallest absolute Gasteiger partial charge is 0.306 e. The standard InChI is InChI=1S/C27H37ClO6/c1-5-6-7-23(33)34-27(22(32)15-29)16(2)12-20-19-9-8-17-13-18(30)10-11-24(17,3)26(19,28)21(31)14-25(20,27)4/h10-11,13,16,19-21,29,31H,5-9,12,14-15H2,1-4H3/t16-,19+,20+,21+,24+,25+,26+,27+/m1/s1. The Balaban J connectivity index is 1.80. The molecule has 34 heavy (non-hydrogen) atoms.